The highest BCUT2D eigenvalue weighted by atomic mass is 35.5. The van der Waals surface area contributed by atoms with Gasteiger partial charge in [0.25, 0.3) is 0 Å². The van der Waals surface area contributed by atoms with Crippen molar-refractivity contribution >= 4 is 23.4 Å². The Morgan fingerprint density at radius 2 is 1.93 bits per heavy atom. The summed E-state index contributed by atoms with van der Waals surface area (Å²) in [4.78, 5) is 0. The number of hydrogen-bond donors (Lipinski definition) is 0. The highest BCUT2D eigenvalue weighted by molar-refractivity contribution is 7.98. The summed E-state index contributed by atoms with van der Waals surface area (Å²) in [7, 11) is 0. The van der Waals surface area contributed by atoms with Gasteiger partial charge in [0, 0.05) is 5.38 Å². The first-order valence-electron chi connectivity index (χ1n) is 6.08. The van der Waals surface area contributed by atoms with E-state index in [1.807, 2.05) is 11.8 Å². The topological polar surface area (TPSA) is 0 Å². The van der Waals surface area contributed by atoms with Crippen LogP contribution in [0, 0.1) is 17.3 Å². The summed E-state index contributed by atoms with van der Waals surface area (Å²) in [5, 5.41) is 0.441. The molecular weight excluding hydrogens is 224 g/mol. The Labute approximate surface area is 105 Å². The van der Waals surface area contributed by atoms with E-state index >= 15 is 0 Å². The lowest BCUT2D eigenvalue weighted by molar-refractivity contribution is 0.142. The molecule has 0 nitrogen and oxygen atoms in total. The molecule has 0 heterocycles. The van der Waals surface area contributed by atoms with Crippen LogP contribution in [0.5, 0.6) is 0 Å². The molecule has 1 aliphatic carbocycles. The zero-order valence-corrected chi connectivity index (χ0v) is 12.1. The van der Waals surface area contributed by atoms with Crippen LogP contribution in [-0.2, 0) is 0 Å². The number of halogens is 1. The molecule has 0 bridgehead atoms. The van der Waals surface area contributed by atoms with Gasteiger partial charge in [-0.3, -0.25) is 0 Å². The van der Waals surface area contributed by atoms with Gasteiger partial charge in [-0.1, -0.05) is 20.8 Å². The predicted molar refractivity (Wildman–Crippen MR) is 72.9 cm³/mol. The first-order chi connectivity index (χ1) is 6.95. The van der Waals surface area contributed by atoms with Gasteiger partial charge in [0.05, 0.1) is 0 Å². The minimum absolute atomic E-state index is 0.441. The molecule has 3 atom stereocenters. The Hall–Kier alpha value is 0.640. The molecule has 1 fully saturated rings. The van der Waals surface area contributed by atoms with Crippen LogP contribution in [0.25, 0.3) is 0 Å². The monoisotopic (exact) mass is 248 g/mol. The van der Waals surface area contributed by atoms with Crippen LogP contribution in [0.4, 0.5) is 0 Å². The molecule has 2 heteroatoms. The summed E-state index contributed by atoms with van der Waals surface area (Å²) in [6.45, 7) is 7.12. The normalized spacial score (nSPS) is 33.0. The maximum atomic E-state index is 6.42. The van der Waals surface area contributed by atoms with E-state index in [0.29, 0.717) is 10.8 Å². The number of alkyl halides is 1. The van der Waals surface area contributed by atoms with Crippen molar-refractivity contribution in [3.63, 3.8) is 0 Å². The van der Waals surface area contributed by atoms with Crippen molar-refractivity contribution in [3.05, 3.63) is 0 Å². The second-order valence-corrected chi connectivity index (χ2v) is 7.48. The summed E-state index contributed by atoms with van der Waals surface area (Å²) in [6, 6.07) is 0. The molecule has 1 rings (SSSR count). The lowest BCUT2D eigenvalue weighted by atomic mass is 9.68. The Kier molecular flexibility index (Phi) is 5.31. The SMILES string of the molecule is CSCCC1CC(C(C)(C)C)CCC1Cl. The Morgan fingerprint density at radius 1 is 1.27 bits per heavy atom. The van der Waals surface area contributed by atoms with Crippen LogP contribution < -0.4 is 0 Å². The number of hydrogen-bond acceptors (Lipinski definition) is 1. The molecule has 90 valence electrons. The van der Waals surface area contributed by atoms with E-state index in [9.17, 15) is 0 Å². The fourth-order valence-corrected chi connectivity index (χ4v) is 3.47. The molecule has 1 aliphatic rings. The maximum Gasteiger partial charge on any atom is 0.0364 e. The summed E-state index contributed by atoms with van der Waals surface area (Å²) >= 11 is 8.37. The summed E-state index contributed by atoms with van der Waals surface area (Å²) in [6.07, 6.45) is 7.39. The molecule has 0 aromatic rings. The van der Waals surface area contributed by atoms with E-state index in [1.165, 1.54) is 31.4 Å². The van der Waals surface area contributed by atoms with Gasteiger partial charge < -0.3 is 0 Å². The predicted octanol–water partition coefficient (Wildman–Crippen LogP) is 4.81. The van der Waals surface area contributed by atoms with Crippen LogP contribution in [0.15, 0.2) is 0 Å². The first-order valence-corrected chi connectivity index (χ1v) is 7.91. The molecule has 0 aromatic carbocycles. The van der Waals surface area contributed by atoms with Crippen molar-refractivity contribution in [2.75, 3.05) is 12.0 Å². The van der Waals surface area contributed by atoms with Gasteiger partial charge in [0.2, 0.25) is 0 Å². The third-order valence-corrected chi connectivity index (χ3v) is 5.03. The van der Waals surface area contributed by atoms with Crippen molar-refractivity contribution in [3.8, 4) is 0 Å². The molecule has 0 aromatic heterocycles. The van der Waals surface area contributed by atoms with Crippen LogP contribution in [-0.4, -0.2) is 17.4 Å². The van der Waals surface area contributed by atoms with E-state index in [2.05, 4.69) is 27.0 Å². The largest absolute Gasteiger partial charge is 0.165 e. The maximum absolute atomic E-state index is 6.42. The van der Waals surface area contributed by atoms with Gasteiger partial charge in [0.1, 0.15) is 0 Å². The highest BCUT2D eigenvalue weighted by Crippen LogP contribution is 2.43. The van der Waals surface area contributed by atoms with Crippen LogP contribution >= 0.6 is 23.4 Å². The second-order valence-electron chi connectivity index (χ2n) is 5.93. The van der Waals surface area contributed by atoms with Crippen molar-refractivity contribution in [2.45, 2.75) is 51.8 Å². The van der Waals surface area contributed by atoms with Crippen LogP contribution in [0.2, 0.25) is 0 Å². The molecule has 3 unspecified atom stereocenters. The molecule has 0 spiro atoms. The number of rotatable bonds is 3. The van der Waals surface area contributed by atoms with Gasteiger partial charge in [0.15, 0.2) is 0 Å². The van der Waals surface area contributed by atoms with E-state index in [1.54, 1.807) is 0 Å². The zero-order chi connectivity index (χ0) is 11.5. The van der Waals surface area contributed by atoms with E-state index in [-0.39, 0.29) is 0 Å². The Balaban J connectivity index is 2.48. The Bertz CT molecular complexity index is 185. The average molecular weight is 249 g/mol. The average Bonchev–Trinajstić information content (AvgIpc) is 2.15. The Morgan fingerprint density at radius 3 is 2.47 bits per heavy atom. The minimum Gasteiger partial charge on any atom is -0.165 e. The van der Waals surface area contributed by atoms with E-state index in [4.69, 9.17) is 11.6 Å². The van der Waals surface area contributed by atoms with Crippen molar-refractivity contribution in [1.82, 2.24) is 0 Å². The zero-order valence-electron chi connectivity index (χ0n) is 10.6. The second kappa shape index (κ2) is 5.82. The minimum atomic E-state index is 0.441. The molecule has 0 amide bonds. The van der Waals surface area contributed by atoms with Gasteiger partial charge in [-0.2, -0.15) is 11.8 Å². The van der Waals surface area contributed by atoms with E-state index < -0.39 is 0 Å². The van der Waals surface area contributed by atoms with Gasteiger partial charge in [-0.05, 0) is 54.9 Å². The van der Waals surface area contributed by atoms with Crippen molar-refractivity contribution in [1.29, 1.82) is 0 Å². The molecule has 0 aliphatic heterocycles. The first kappa shape index (κ1) is 13.7. The molecule has 0 N–H and O–H groups in total. The molecule has 0 saturated heterocycles. The molecule has 1 saturated carbocycles. The fraction of sp³-hybridized carbons (Fsp3) is 1.00. The lowest BCUT2D eigenvalue weighted by Crippen LogP contribution is -2.32. The smallest absolute Gasteiger partial charge is 0.0364 e. The molecular formula is C13H25ClS. The van der Waals surface area contributed by atoms with Crippen LogP contribution in [0.3, 0.4) is 0 Å². The number of thioether (sulfide) groups is 1. The van der Waals surface area contributed by atoms with E-state index in [0.717, 1.165) is 11.8 Å². The van der Waals surface area contributed by atoms with Gasteiger partial charge >= 0.3 is 0 Å². The van der Waals surface area contributed by atoms with Crippen molar-refractivity contribution < 1.29 is 0 Å². The third kappa shape index (κ3) is 4.19. The third-order valence-electron chi connectivity index (χ3n) is 3.81. The van der Waals surface area contributed by atoms with Gasteiger partial charge in [-0.25, -0.2) is 0 Å². The molecule has 15 heavy (non-hydrogen) atoms. The molecule has 0 radical (unpaired) electrons. The summed E-state index contributed by atoms with van der Waals surface area (Å²) in [5.74, 6) is 2.90. The quantitative estimate of drug-likeness (QED) is 0.646. The summed E-state index contributed by atoms with van der Waals surface area (Å²) in [5.41, 5.74) is 0.467. The van der Waals surface area contributed by atoms with Crippen molar-refractivity contribution in [2.24, 2.45) is 17.3 Å². The van der Waals surface area contributed by atoms with Gasteiger partial charge in [-0.15, -0.1) is 11.6 Å². The van der Waals surface area contributed by atoms with Crippen LogP contribution in [0.1, 0.15) is 46.5 Å². The highest BCUT2D eigenvalue weighted by Gasteiger charge is 2.34. The summed E-state index contributed by atoms with van der Waals surface area (Å²) < 4.78 is 0. The standard InChI is InChI=1S/C13H25ClS/c1-13(2,3)11-5-6-12(14)10(9-11)7-8-15-4/h10-12H,5-9H2,1-4H3. The lowest BCUT2D eigenvalue weighted by Gasteiger charge is -2.40. The fourth-order valence-electron chi connectivity index (χ4n) is 2.58.